The Kier molecular flexibility index (Phi) is 5.66. The summed E-state index contributed by atoms with van der Waals surface area (Å²) in [5.74, 6) is -0.683. The lowest BCUT2D eigenvalue weighted by atomic mass is 9.89. The van der Waals surface area contributed by atoms with Crippen molar-refractivity contribution in [1.82, 2.24) is 4.98 Å². The molecule has 7 heteroatoms. The maximum atomic E-state index is 13.0. The van der Waals surface area contributed by atoms with Gasteiger partial charge in [-0.15, -0.1) is 0 Å². The van der Waals surface area contributed by atoms with Crippen molar-refractivity contribution in [2.75, 3.05) is 24.6 Å². The maximum Gasteiger partial charge on any atom is 0.350 e. The lowest BCUT2D eigenvalue weighted by molar-refractivity contribution is 0.0531. The summed E-state index contributed by atoms with van der Waals surface area (Å²) < 4.78 is 18.1. The number of benzene rings is 1. The van der Waals surface area contributed by atoms with Crippen LogP contribution in [0.2, 0.25) is 0 Å². The van der Waals surface area contributed by atoms with Gasteiger partial charge in [-0.1, -0.05) is 11.3 Å². The summed E-state index contributed by atoms with van der Waals surface area (Å²) in [6.07, 6.45) is 1.42. The number of hydrogen-bond donors (Lipinski definition) is 0. The summed E-state index contributed by atoms with van der Waals surface area (Å²) in [6, 6.07) is 5.72. The second-order valence-corrected chi connectivity index (χ2v) is 7.24. The van der Waals surface area contributed by atoms with Gasteiger partial charge in [-0.05, 0) is 51.0 Å². The number of aromatic nitrogens is 1. The van der Waals surface area contributed by atoms with Crippen LogP contribution in [0.3, 0.4) is 0 Å². The minimum absolute atomic E-state index is 0.0622. The first-order chi connectivity index (χ1) is 12.5. The first-order valence-corrected chi connectivity index (χ1v) is 9.50. The molecule has 0 atom stereocenters. The van der Waals surface area contributed by atoms with Gasteiger partial charge >= 0.3 is 5.97 Å². The third-order valence-corrected chi connectivity index (χ3v) is 5.71. The number of anilines is 1. The van der Waals surface area contributed by atoms with Crippen molar-refractivity contribution in [3.63, 3.8) is 0 Å². The molecule has 1 aliphatic heterocycles. The van der Waals surface area contributed by atoms with E-state index in [4.69, 9.17) is 4.74 Å². The van der Waals surface area contributed by atoms with Gasteiger partial charge in [-0.3, -0.25) is 4.79 Å². The molecule has 0 bridgehead atoms. The van der Waals surface area contributed by atoms with E-state index in [0.29, 0.717) is 48.7 Å². The molecule has 2 heterocycles. The quantitative estimate of drug-likeness (QED) is 0.586. The number of ether oxygens (including phenoxy) is 1. The van der Waals surface area contributed by atoms with Crippen LogP contribution in [0.25, 0.3) is 0 Å². The van der Waals surface area contributed by atoms with Gasteiger partial charge in [0, 0.05) is 24.6 Å². The molecule has 5 nitrogen and oxygen atoms in total. The Morgan fingerprint density at radius 1 is 1.27 bits per heavy atom. The topological polar surface area (TPSA) is 59.5 Å². The van der Waals surface area contributed by atoms with Crippen LogP contribution < -0.4 is 4.90 Å². The second kappa shape index (κ2) is 7.95. The Morgan fingerprint density at radius 3 is 2.54 bits per heavy atom. The summed E-state index contributed by atoms with van der Waals surface area (Å²) in [5.41, 5.74) is 1.23. The lowest BCUT2D eigenvalue weighted by Gasteiger charge is -2.31. The van der Waals surface area contributed by atoms with E-state index in [-0.39, 0.29) is 23.5 Å². The molecule has 1 aromatic carbocycles. The highest BCUT2D eigenvalue weighted by Gasteiger charge is 2.28. The molecule has 0 aliphatic carbocycles. The third kappa shape index (κ3) is 3.93. The zero-order chi connectivity index (χ0) is 18.7. The smallest absolute Gasteiger partial charge is 0.350 e. The monoisotopic (exact) mass is 376 g/mol. The number of carbonyl (C=O) groups excluding carboxylic acids is 2. The predicted molar refractivity (Wildman–Crippen MR) is 98.5 cm³/mol. The van der Waals surface area contributed by atoms with Gasteiger partial charge < -0.3 is 9.64 Å². The number of esters is 1. The van der Waals surface area contributed by atoms with Crippen LogP contribution in [0.5, 0.6) is 0 Å². The molecule has 2 aromatic rings. The normalized spacial score (nSPS) is 15.1. The van der Waals surface area contributed by atoms with Gasteiger partial charge in [-0.2, -0.15) is 0 Å². The number of rotatable bonds is 5. The molecule has 0 N–H and O–H groups in total. The van der Waals surface area contributed by atoms with Crippen LogP contribution in [-0.4, -0.2) is 36.4 Å². The van der Waals surface area contributed by atoms with E-state index >= 15 is 0 Å². The van der Waals surface area contributed by atoms with Crippen LogP contribution in [0.4, 0.5) is 9.52 Å². The molecule has 0 amide bonds. The molecule has 1 saturated heterocycles. The molecule has 0 unspecified atom stereocenters. The van der Waals surface area contributed by atoms with Gasteiger partial charge in [0.2, 0.25) is 0 Å². The number of nitrogens with zero attached hydrogens (tertiary/aromatic N) is 2. The first-order valence-electron chi connectivity index (χ1n) is 8.69. The zero-order valence-electron chi connectivity index (χ0n) is 14.8. The summed E-state index contributed by atoms with van der Waals surface area (Å²) in [7, 11) is 0. The fourth-order valence-corrected chi connectivity index (χ4v) is 4.10. The third-order valence-electron chi connectivity index (χ3n) is 4.51. The Morgan fingerprint density at radius 2 is 1.92 bits per heavy atom. The summed E-state index contributed by atoms with van der Waals surface area (Å²) in [4.78, 5) is 31.6. The van der Waals surface area contributed by atoms with Gasteiger partial charge in [0.1, 0.15) is 10.7 Å². The molecule has 3 rings (SSSR count). The van der Waals surface area contributed by atoms with E-state index in [2.05, 4.69) is 9.88 Å². The standard InChI is InChI=1S/C19H21FN2O3S/c1-3-25-18(24)17-12(2)21-19(26-17)22-10-8-14(9-11-22)16(23)13-4-6-15(20)7-5-13/h4-7,14H,3,8-11H2,1-2H3. The van der Waals surface area contributed by atoms with Crippen molar-refractivity contribution in [3.05, 3.63) is 46.2 Å². The highest BCUT2D eigenvalue weighted by molar-refractivity contribution is 7.17. The second-order valence-electron chi connectivity index (χ2n) is 6.26. The average molecular weight is 376 g/mol. The minimum atomic E-state index is -0.340. The SMILES string of the molecule is CCOC(=O)c1sc(N2CCC(C(=O)c3ccc(F)cc3)CC2)nc1C. The Hall–Kier alpha value is -2.28. The summed E-state index contributed by atoms with van der Waals surface area (Å²) in [6.45, 7) is 5.32. The van der Waals surface area contributed by atoms with Crippen molar-refractivity contribution < 1.29 is 18.7 Å². The van der Waals surface area contributed by atoms with E-state index in [9.17, 15) is 14.0 Å². The highest BCUT2D eigenvalue weighted by Crippen LogP contribution is 2.31. The molecule has 26 heavy (non-hydrogen) atoms. The minimum Gasteiger partial charge on any atom is -0.462 e. The van der Waals surface area contributed by atoms with Crippen LogP contribution in [-0.2, 0) is 4.74 Å². The molecule has 0 radical (unpaired) electrons. The molecule has 0 spiro atoms. The molecule has 1 aliphatic rings. The number of aryl methyl sites for hydroxylation is 1. The molecule has 1 fully saturated rings. The van der Waals surface area contributed by atoms with E-state index < -0.39 is 0 Å². The largest absolute Gasteiger partial charge is 0.462 e. The van der Waals surface area contributed by atoms with Crippen LogP contribution in [0.1, 0.15) is 45.5 Å². The van der Waals surface area contributed by atoms with Crippen LogP contribution in [0.15, 0.2) is 24.3 Å². The van der Waals surface area contributed by atoms with Gasteiger partial charge in [0.25, 0.3) is 0 Å². The Balaban J connectivity index is 1.63. The van der Waals surface area contributed by atoms with Crippen molar-refractivity contribution in [3.8, 4) is 0 Å². The number of Topliss-reactive ketones (excluding diaryl/α,β-unsaturated/α-hetero) is 1. The molecule has 138 valence electrons. The van der Waals surface area contributed by atoms with E-state index in [1.54, 1.807) is 26.0 Å². The van der Waals surface area contributed by atoms with Crippen molar-refractivity contribution in [1.29, 1.82) is 0 Å². The maximum absolute atomic E-state index is 13.0. The zero-order valence-corrected chi connectivity index (χ0v) is 15.6. The number of halogens is 1. The fourth-order valence-electron chi connectivity index (χ4n) is 3.09. The van der Waals surface area contributed by atoms with Gasteiger partial charge in [-0.25, -0.2) is 14.2 Å². The average Bonchev–Trinajstić information content (AvgIpc) is 3.04. The first kappa shape index (κ1) is 18.5. The Labute approximate surface area is 155 Å². The van der Waals surface area contributed by atoms with E-state index in [1.165, 1.54) is 23.5 Å². The summed E-state index contributed by atoms with van der Waals surface area (Å²) >= 11 is 1.34. The van der Waals surface area contributed by atoms with Gasteiger partial charge in [0.05, 0.1) is 12.3 Å². The Bertz CT molecular complexity index is 796. The molecular formula is C19H21FN2O3S. The van der Waals surface area contributed by atoms with Crippen molar-refractivity contribution in [2.24, 2.45) is 5.92 Å². The number of piperidine rings is 1. The van der Waals surface area contributed by atoms with E-state index in [0.717, 1.165) is 5.13 Å². The highest BCUT2D eigenvalue weighted by atomic mass is 32.1. The van der Waals surface area contributed by atoms with Crippen molar-refractivity contribution in [2.45, 2.75) is 26.7 Å². The lowest BCUT2D eigenvalue weighted by Crippen LogP contribution is -2.36. The number of ketones is 1. The van der Waals surface area contributed by atoms with Crippen LogP contribution in [0, 0.1) is 18.7 Å². The summed E-state index contributed by atoms with van der Waals surface area (Å²) in [5, 5.41) is 0.790. The molecule has 0 saturated carbocycles. The number of thiazole rings is 1. The number of carbonyl (C=O) groups is 2. The van der Waals surface area contributed by atoms with Crippen molar-refractivity contribution >= 4 is 28.2 Å². The van der Waals surface area contributed by atoms with Crippen LogP contribution >= 0.6 is 11.3 Å². The molecule has 1 aromatic heterocycles. The molecular weight excluding hydrogens is 355 g/mol. The predicted octanol–water partition coefficient (Wildman–Crippen LogP) is 3.87. The van der Waals surface area contributed by atoms with Gasteiger partial charge in [0.15, 0.2) is 10.9 Å². The van der Waals surface area contributed by atoms with E-state index in [1.807, 2.05) is 0 Å². The number of hydrogen-bond acceptors (Lipinski definition) is 6. The fraction of sp³-hybridized carbons (Fsp3) is 0.421.